The van der Waals surface area contributed by atoms with Crippen LogP contribution < -0.4 is 0 Å². The van der Waals surface area contributed by atoms with E-state index in [0.29, 0.717) is 12.8 Å². The van der Waals surface area contributed by atoms with Crippen molar-refractivity contribution in [1.29, 1.82) is 0 Å². The maximum absolute atomic E-state index is 14.6. The Morgan fingerprint density at radius 2 is 1.73 bits per heavy atom. The highest BCUT2D eigenvalue weighted by Crippen LogP contribution is 2.65. The lowest BCUT2D eigenvalue weighted by Gasteiger charge is -2.47. The van der Waals surface area contributed by atoms with E-state index in [1.54, 1.807) is 13.8 Å². The van der Waals surface area contributed by atoms with E-state index in [2.05, 4.69) is 0 Å². The second-order valence-electron chi connectivity index (χ2n) is 4.46. The molecule has 0 aliphatic heterocycles. The largest absolute Gasteiger partial charge is 0.334 e. The number of hydrogen-bond acceptors (Lipinski definition) is 1. The maximum atomic E-state index is 14.6. The molecule has 0 aromatic heterocycles. The third-order valence-corrected chi connectivity index (χ3v) is 6.01. The average molecular weight is 238 g/mol. The summed E-state index contributed by atoms with van der Waals surface area (Å²) in [6, 6.07) is 0. The van der Waals surface area contributed by atoms with Crippen molar-refractivity contribution in [3.63, 3.8) is 0 Å². The molecule has 15 heavy (non-hydrogen) atoms. The van der Waals surface area contributed by atoms with Crippen LogP contribution in [-0.4, -0.2) is 20.6 Å². The fourth-order valence-electron chi connectivity index (χ4n) is 2.89. The van der Waals surface area contributed by atoms with Crippen molar-refractivity contribution in [2.45, 2.75) is 63.2 Å². The molecule has 1 fully saturated rings. The van der Waals surface area contributed by atoms with Gasteiger partial charge in [-0.3, -0.25) is 4.57 Å². The third kappa shape index (κ3) is 1.88. The molecule has 1 aliphatic carbocycles. The minimum atomic E-state index is -4.39. The number of rotatable bonds is 3. The molecule has 2 unspecified atom stereocenters. The molecular formula is C10H20FO3P. The Morgan fingerprint density at radius 1 is 1.20 bits per heavy atom. The van der Waals surface area contributed by atoms with E-state index in [4.69, 9.17) is 0 Å². The molecule has 0 saturated heterocycles. The monoisotopic (exact) mass is 238 g/mol. The van der Waals surface area contributed by atoms with Gasteiger partial charge in [0.2, 0.25) is 0 Å². The molecule has 0 aromatic rings. The topological polar surface area (TPSA) is 57.5 Å². The quantitative estimate of drug-likeness (QED) is 0.743. The van der Waals surface area contributed by atoms with Gasteiger partial charge in [0.25, 0.3) is 0 Å². The van der Waals surface area contributed by atoms with Crippen LogP contribution in [0.15, 0.2) is 0 Å². The van der Waals surface area contributed by atoms with Crippen LogP contribution in [0.3, 0.4) is 0 Å². The minimum Gasteiger partial charge on any atom is -0.324 e. The van der Waals surface area contributed by atoms with Crippen molar-refractivity contribution in [2.24, 2.45) is 0 Å². The zero-order chi connectivity index (χ0) is 11.7. The van der Waals surface area contributed by atoms with Crippen LogP contribution in [0.1, 0.15) is 52.4 Å². The zero-order valence-electron chi connectivity index (χ0n) is 9.37. The van der Waals surface area contributed by atoms with Crippen LogP contribution in [0.5, 0.6) is 0 Å². The lowest BCUT2D eigenvalue weighted by molar-refractivity contribution is 0.0353. The van der Waals surface area contributed by atoms with Crippen molar-refractivity contribution < 1.29 is 18.7 Å². The zero-order valence-corrected chi connectivity index (χ0v) is 10.3. The van der Waals surface area contributed by atoms with Gasteiger partial charge in [0, 0.05) is 0 Å². The molecule has 0 spiro atoms. The van der Waals surface area contributed by atoms with Gasteiger partial charge >= 0.3 is 7.60 Å². The first-order chi connectivity index (χ1) is 6.83. The van der Waals surface area contributed by atoms with E-state index in [1.165, 1.54) is 0 Å². The molecule has 90 valence electrons. The molecule has 2 atom stereocenters. The van der Waals surface area contributed by atoms with Crippen molar-refractivity contribution in [2.75, 3.05) is 0 Å². The fraction of sp³-hybridized carbons (Fsp3) is 1.00. The van der Waals surface area contributed by atoms with E-state index >= 15 is 0 Å². The first-order valence-corrected chi connectivity index (χ1v) is 7.19. The number of hydrogen-bond donors (Lipinski definition) is 2. The summed E-state index contributed by atoms with van der Waals surface area (Å²) >= 11 is 0. The second-order valence-corrected chi connectivity index (χ2v) is 6.40. The fourth-order valence-corrected chi connectivity index (χ4v) is 4.54. The van der Waals surface area contributed by atoms with E-state index in [1.807, 2.05) is 0 Å². The van der Waals surface area contributed by atoms with Crippen LogP contribution in [0, 0.1) is 0 Å². The second kappa shape index (κ2) is 4.15. The summed E-state index contributed by atoms with van der Waals surface area (Å²) in [6.45, 7) is 3.35. The molecule has 5 heteroatoms. The summed E-state index contributed by atoms with van der Waals surface area (Å²) < 4.78 is 26.2. The first kappa shape index (κ1) is 13.1. The molecule has 3 nitrogen and oxygen atoms in total. The van der Waals surface area contributed by atoms with Gasteiger partial charge in [0.05, 0.1) is 0 Å². The Morgan fingerprint density at radius 3 is 2.07 bits per heavy atom. The highest BCUT2D eigenvalue weighted by molar-refractivity contribution is 7.53. The molecular weight excluding hydrogens is 218 g/mol. The highest BCUT2D eigenvalue weighted by Gasteiger charge is 2.61. The molecule has 0 amide bonds. The van der Waals surface area contributed by atoms with E-state index in [0.717, 1.165) is 6.42 Å². The van der Waals surface area contributed by atoms with Crippen molar-refractivity contribution in [1.82, 2.24) is 0 Å². The standard InChI is InChI=1S/C10H20FO3P/c1-3-9(11)7-5-6-8-10(9,4-2)15(12,13)14/h3-8H2,1-2H3,(H2,12,13,14). The molecule has 0 heterocycles. The summed E-state index contributed by atoms with van der Waals surface area (Å²) in [4.78, 5) is 18.9. The summed E-state index contributed by atoms with van der Waals surface area (Å²) in [5.41, 5.74) is -1.70. The van der Waals surface area contributed by atoms with Crippen molar-refractivity contribution in [3.8, 4) is 0 Å². The average Bonchev–Trinajstić information content (AvgIpc) is 2.17. The SMILES string of the molecule is CCC1(F)CCCCC1(CC)P(=O)(O)O. The predicted octanol–water partition coefficient (Wildman–Crippen LogP) is 3.01. The first-order valence-electron chi connectivity index (χ1n) is 5.57. The van der Waals surface area contributed by atoms with Gasteiger partial charge < -0.3 is 9.79 Å². The van der Waals surface area contributed by atoms with Gasteiger partial charge in [-0.1, -0.05) is 26.7 Å². The molecule has 2 N–H and O–H groups in total. The smallest absolute Gasteiger partial charge is 0.324 e. The maximum Gasteiger partial charge on any atom is 0.334 e. The van der Waals surface area contributed by atoms with E-state index < -0.39 is 18.4 Å². The van der Waals surface area contributed by atoms with Crippen LogP contribution in [0.2, 0.25) is 0 Å². The van der Waals surface area contributed by atoms with Crippen LogP contribution in [0.4, 0.5) is 4.39 Å². The minimum absolute atomic E-state index is 0.186. The van der Waals surface area contributed by atoms with Gasteiger partial charge in [-0.05, 0) is 25.7 Å². The molecule has 0 radical (unpaired) electrons. The van der Waals surface area contributed by atoms with Gasteiger partial charge in [-0.2, -0.15) is 0 Å². The van der Waals surface area contributed by atoms with Gasteiger partial charge in [-0.15, -0.1) is 0 Å². The molecule has 0 bridgehead atoms. The third-order valence-electron chi connectivity index (χ3n) is 3.95. The Balaban J connectivity index is 3.19. The van der Waals surface area contributed by atoms with Crippen LogP contribution >= 0.6 is 7.60 Å². The van der Waals surface area contributed by atoms with Gasteiger partial charge in [0.1, 0.15) is 10.8 Å². The van der Waals surface area contributed by atoms with E-state index in [9.17, 15) is 18.7 Å². The summed E-state index contributed by atoms with van der Waals surface area (Å²) in [6.07, 6.45) is 2.42. The van der Waals surface area contributed by atoms with Crippen molar-refractivity contribution >= 4 is 7.60 Å². The summed E-state index contributed by atoms with van der Waals surface area (Å²) in [5.74, 6) is 0. The predicted molar refractivity (Wildman–Crippen MR) is 57.7 cm³/mol. The Hall–Kier alpha value is 0.0800. The molecule has 1 rings (SSSR count). The van der Waals surface area contributed by atoms with Crippen molar-refractivity contribution in [3.05, 3.63) is 0 Å². The number of alkyl halides is 1. The lowest BCUT2D eigenvalue weighted by atomic mass is 9.73. The lowest BCUT2D eigenvalue weighted by Crippen LogP contribution is -2.52. The summed E-state index contributed by atoms with van der Waals surface area (Å²) in [7, 11) is -4.39. The van der Waals surface area contributed by atoms with E-state index in [-0.39, 0.29) is 19.3 Å². The normalized spacial score (nSPS) is 37.9. The Bertz CT molecular complexity index is 278. The number of halogens is 1. The molecule has 0 aromatic carbocycles. The van der Waals surface area contributed by atoms with Gasteiger partial charge in [0.15, 0.2) is 0 Å². The van der Waals surface area contributed by atoms with Gasteiger partial charge in [-0.25, -0.2) is 4.39 Å². The molecule has 1 saturated carbocycles. The summed E-state index contributed by atoms with van der Waals surface area (Å²) in [5, 5.41) is -1.44. The van der Waals surface area contributed by atoms with Crippen LogP contribution in [-0.2, 0) is 4.57 Å². The Kier molecular flexibility index (Phi) is 3.64. The van der Waals surface area contributed by atoms with Crippen LogP contribution in [0.25, 0.3) is 0 Å². The Labute approximate surface area is 90.2 Å². The highest BCUT2D eigenvalue weighted by atomic mass is 31.2. The molecule has 1 aliphatic rings.